The average Bonchev–Trinajstić information content (AvgIpc) is 2.60. The molecule has 1 atom stereocenters. The van der Waals surface area contributed by atoms with Crippen molar-refractivity contribution >= 4 is 27.3 Å². The van der Waals surface area contributed by atoms with Crippen molar-refractivity contribution in [1.29, 1.82) is 0 Å². The maximum absolute atomic E-state index is 12.5. The summed E-state index contributed by atoms with van der Waals surface area (Å²) < 4.78 is 31.1. The normalized spacial score (nSPS) is 16.7. The maximum Gasteiger partial charge on any atom is 0.267 e. The lowest BCUT2D eigenvalue weighted by atomic mass is 10.1. The van der Waals surface area contributed by atoms with Crippen LogP contribution < -0.4 is 14.4 Å². The molecule has 0 saturated heterocycles. The molecule has 1 aliphatic rings. The Morgan fingerprint density at radius 2 is 1.88 bits per heavy atom. The Kier molecular flexibility index (Phi) is 4.67. The molecule has 3 rings (SSSR count). The van der Waals surface area contributed by atoms with Crippen LogP contribution in [0.3, 0.4) is 0 Å². The number of nitrogens with zero attached hydrogens (tertiary/aromatic N) is 1. The quantitative estimate of drug-likeness (QED) is 0.908. The Morgan fingerprint density at radius 1 is 1.20 bits per heavy atom. The summed E-state index contributed by atoms with van der Waals surface area (Å²) in [7, 11) is -3.51. The molecule has 2 aromatic rings. The van der Waals surface area contributed by atoms with Crippen LogP contribution >= 0.6 is 0 Å². The number of benzene rings is 2. The highest BCUT2D eigenvalue weighted by atomic mass is 32.2. The van der Waals surface area contributed by atoms with E-state index in [-0.39, 0.29) is 12.5 Å². The standard InChI is InChI=1S/C18H20N2O4S/c1-3-13-8-10-14(11-9-13)19-18(21)17-12-20(25(2,22)23)15-6-4-5-7-16(15)24-17/h4-11,17H,3,12H2,1-2H3,(H,19,21)/t17-/m0/s1. The molecular weight excluding hydrogens is 340 g/mol. The van der Waals surface area contributed by atoms with Gasteiger partial charge in [-0.15, -0.1) is 0 Å². The molecule has 1 amide bonds. The maximum atomic E-state index is 12.5. The summed E-state index contributed by atoms with van der Waals surface area (Å²) in [5.74, 6) is -0.00643. The van der Waals surface area contributed by atoms with E-state index in [1.807, 2.05) is 24.3 Å². The van der Waals surface area contributed by atoms with E-state index in [1.165, 1.54) is 9.87 Å². The number of aryl methyl sites for hydroxylation is 1. The van der Waals surface area contributed by atoms with E-state index in [4.69, 9.17) is 4.74 Å². The van der Waals surface area contributed by atoms with E-state index in [1.54, 1.807) is 24.3 Å². The molecule has 1 aliphatic heterocycles. The van der Waals surface area contributed by atoms with Gasteiger partial charge in [0.2, 0.25) is 10.0 Å². The first-order valence-electron chi connectivity index (χ1n) is 8.01. The van der Waals surface area contributed by atoms with Gasteiger partial charge in [-0.3, -0.25) is 9.10 Å². The van der Waals surface area contributed by atoms with Crippen molar-refractivity contribution in [2.45, 2.75) is 19.4 Å². The van der Waals surface area contributed by atoms with E-state index < -0.39 is 16.1 Å². The number of hydrogen-bond acceptors (Lipinski definition) is 4. The molecule has 7 heteroatoms. The summed E-state index contributed by atoms with van der Waals surface area (Å²) in [5.41, 5.74) is 2.26. The highest BCUT2D eigenvalue weighted by Crippen LogP contribution is 2.34. The largest absolute Gasteiger partial charge is 0.476 e. The van der Waals surface area contributed by atoms with Crippen LogP contribution in [0.15, 0.2) is 48.5 Å². The lowest BCUT2D eigenvalue weighted by molar-refractivity contribution is -0.122. The number of sulfonamides is 1. The van der Waals surface area contributed by atoms with Crippen LogP contribution in [-0.4, -0.2) is 33.2 Å². The molecule has 0 spiro atoms. The first kappa shape index (κ1) is 17.3. The molecule has 0 unspecified atom stereocenters. The third-order valence-electron chi connectivity index (χ3n) is 4.06. The second-order valence-corrected chi connectivity index (χ2v) is 7.81. The number of para-hydroxylation sites is 2. The van der Waals surface area contributed by atoms with Gasteiger partial charge in [0.05, 0.1) is 18.5 Å². The summed E-state index contributed by atoms with van der Waals surface area (Å²) in [6.07, 6.45) is 1.11. The van der Waals surface area contributed by atoms with Crippen LogP contribution in [0, 0.1) is 0 Å². The van der Waals surface area contributed by atoms with Crippen LogP contribution in [-0.2, 0) is 21.2 Å². The van der Waals surface area contributed by atoms with E-state index >= 15 is 0 Å². The van der Waals surface area contributed by atoms with Crippen molar-refractivity contribution in [3.63, 3.8) is 0 Å². The Hall–Kier alpha value is -2.54. The third kappa shape index (κ3) is 3.76. The first-order chi connectivity index (χ1) is 11.9. The van der Waals surface area contributed by atoms with Gasteiger partial charge in [0.25, 0.3) is 5.91 Å². The van der Waals surface area contributed by atoms with Crippen LogP contribution in [0.1, 0.15) is 12.5 Å². The molecule has 1 heterocycles. The number of carbonyl (C=O) groups excluding carboxylic acids is 1. The van der Waals surface area contributed by atoms with Gasteiger partial charge in [-0.1, -0.05) is 31.2 Å². The van der Waals surface area contributed by atoms with E-state index in [0.29, 0.717) is 17.1 Å². The summed E-state index contributed by atoms with van der Waals surface area (Å²) in [6, 6.07) is 14.3. The number of anilines is 2. The SMILES string of the molecule is CCc1ccc(NC(=O)[C@@H]2CN(S(C)(=O)=O)c3ccccc3O2)cc1. The number of rotatable bonds is 4. The van der Waals surface area contributed by atoms with Crippen molar-refractivity contribution in [2.75, 3.05) is 22.4 Å². The minimum Gasteiger partial charge on any atom is -0.476 e. The number of carbonyl (C=O) groups is 1. The zero-order valence-electron chi connectivity index (χ0n) is 14.1. The molecule has 132 valence electrons. The second-order valence-electron chi connectivity index (χ2n) is 5.91. The highest BCUT2D eigenvalue weighted by Gasteiger charge is 2.34. The molecule has 2 aromatic carbocycles. The van der Waals surface area contributed by atoms with Gasteiger partial charge in [0.1, 0.15) is 5.75 Å². The fourth-order valence-corrected chi connectivity index (χ4v) is 3.61. The lowest BCUT2D eigenvalue weighted by Gasteiger charge is -2.33. The average molecular weight is 360 g/mol. The van der Waals surface area contributed by atoms with Crippen LogP contribution in [0.5, 0.6) is 5.75 Å². The molecule has 0 aliphatic carbocycles. The van der Waals surface area contributed by atoms with Gasteiger partial charge in [0.15, 0.2) is 6.10 Å². The van der Waals surface area contributed by atoms with Crippen molar-refractivity contribution < 1.29 is 17.9 Å². The summed E-state index contributed by atoms with van der Waals surface area (Å²) >= 11 is 0. The molecular formula is C18H20N2O4S. The summed E-state index contributed by atoms with van der Waals surface area (Å²) in [5, 5.41) is 2.78. The molecule has 0 radical (unpaired) electrons. The van der Waals surface area contributed by atoms with Gasteiger partial charge in [0, 0.05) is 5.69 Å². The number of amides is 1. The molecule has 0 aromatic heterocycles. The fraction of sp³-hybridized carbons (Fsp3) is 0.278. The molecule has 0 bridgehead atoms. The Bertz CT molecular complexity index is 878. The van der Waals surface area contributed by atoms with Crippen LogP contribution in [0.4, 0.5) is 11.4 Å². The third-order valence-corrected chi connectivity index (χ3v) is 5.20. The topological polar surface area (TPSA) is 75.7 Å². The van der Waals surface area contributed by atoms with Gasteiger partial charge in [-0.2, -0.15) is 0 Å². The summed E-state index contributed by atoms with van der Waals surface area (Å²) in [4.78, 5) is 12.5. The van der Waals surface area contributed by atoms with E-state index in [0.717, 1.165) is 12.7 Å². The molecule has 1 N–H and O–H groups in total. The van der Waals surface area contributed by atoms with Crippen molar-refractivity contribution in [2.24, 2.45) is 0 Å². The van der Waals surface area contributed by atoms with Crippen molar-refractivity contribution in [1.82, 2.24) is 0 Å². The molecule has 6 nitrogen and oxygen atoms in total. The molecule has 25 heavy (non-hydrogen) atoms. The Morgan fingerprint density at radius 3 is 2.52 bits per heavy atom. The highest BCUT2D eigenvalue weighted by molar-refractivity contribution is 7.92. The van der Waals surface area contributed by atoms with E-state index in [2.05, 4.69) is 12.2 Å². The zero-order chi connectivity index (χ0) is 18.0. The number of fused-ring (bicyclic) bond motifs is 1. The van der Waals surface area contributed by atoms with Crippen molar-refractivity contribution in [3.05, 3.63) is 54.1 Å². The minimum absolute atomic E-state index is 0.0608. The Labute approximate surface area is 147 Å². The Balaban J connectivity index is 1.81. The van der Waals surface area contributed by atoms with Crippen LogP contribution in [0.2, 0.25) is 0 Å². The smallest absolute Gasteiger partial charge is 0.267 e. The zero-order valence-corrected chi connectivity index (χ0v) is 14.9. The lowest BCUT2D eigenvalue weighted by Crippen LogP contribution is -2.48. The van der Waals surface area contributed by atoms with Crippen molar-refractivity contribution in [3.8, 4) is 5.75 Å². The number of nitrogens with one attached hydrogen (secondary N) is 1. The summed E-state index contributed by atoms with van der Waals surface area (Å²) in [6.45, 7) is 2.00. The first-order valence-corrected chi connectivity index (χ1v) is 9.86. The number of hydrogen-bond donors (Lipinski definition) is 1. The predicted octanol–water partition coefficient (Wildman–Crippen LogP) is 2.41. The van der Waals surface area contributed by atoms with Gasteiger partial charge < -0.3 is 10.1 Å². The van der Waals surface area contributed by atoms with Gasteiger partial charge >= 0.3 is 0 Å². The molecule has 0 saturated carbocycles. The number of ether oxygens (including phenoxy) is 1. The van der Waals surface area contributed by atoms with Gasteiger partial charge in [-0.25, -0.2) is 8.42 Å². The molecule has 0 fully saturated rings. The van der Waals surface area contributed by atoms with E-state index in [9.17, 15) is 13.2 Å². The monoisotopic (exact) mass is 360 g/mol. The second kappa shape index (κ2) is 6.76. The van der Waals surface area contributed by atoms with Crippen LogP contribution in [0.25, 0.3) is 0 Å². The minimum atomic E-state index is -3.51. The fourth-order valence-electron chi connectivity index (χ4n) is 2.70. The predicted molar refractivity (Wildman–Crippen MR) is 97.5 cm³/mol. The van der Waals surface area contributed by atoms with Gasteiger partial charge in [-0.05, 0) is 36.2 Å².